The van der Waals surface area contributed by atoms with Crippen LogP contribution < -0.4 is 0 Å². The molecule has 0 saturated heterocycles. The van der Waals surface area contributed by atoms with E-state index in [4.69, 9.17) is 5.11 Å². The molecule has 0 fully saturated rings. The van der Waals surface area contributed by atoms with E-state index in [1.54, 1.807) is 6.07 Å². The van der Waals surface area contributed by atoms with E-state index in [1.165, 1.54) is 6.07 Å². The smallest absolute Gasteiger partial charge is 0.324 e. The van der Waals surface area contributed by atoms with Crippen LogP contribution in [-0.2, 0) is 0 Å². The number of nitro groups is 1. The molecule has 1 aromatic heterocycles. The second-order valence-corrected chi connectivity index (χ2v) is 4.56. The molecule has 0 aliphatic heterocycles. The highest BCUT2D eigenvalue weighted by Crippen LogP contribution is 2.26. The average Bonchev–Trinajstić information content (AvgIpc) is 2.61. The number of thiophene rings is 1. The zero-order chi connectivity index (χ0) is 11.4. The van der Waals surface area contributed by atoms with Gasteiger partial charge in [0.15, 0.2) is 0 Å². The van der Waals surface area contributed by atoms with E-state index in [2.05, 4.69) is 0 Å². The summed E-state index contributed by atoms with van der Waals surface area (Å²) in [4.78, 5) is 10.8. The van der Waals surface area contributed by atoms with Crippen LogP contribution in [0, 0.1) is 16.0 Å². The summed E-state index contributed by atoms with van der Waals surface area (Å²) in [6.07, 6.45) is 1.81. The zero-order valence-electron chi connectivity index (χ0n) is 8.64. The van der Waals surface area contributed by atoms with Crippen LogP contribution in [-0.4, -0.2) is 16.6 Å². The third-order valence-corrected chi connectivity index (χ3v) is 3.03. The SMILES string of the molecule is CC(C)/C(=C/c1ccc([N+](=O)[O-])s1)CO. The fourth-order valence-corrected chi connectivity index (χ4v) is 1.89. The molecule has 0 unspecified atom stereocenters. The normalized spacial score (nSPS) is 12.1. The maximum atomic E-state index is 10.4. The van der Waals surface area contributed by atoms with Crippen LogP contribution >= 0.6 is 11.3 Å². The van der Waals surface area contributed by atoms with Gasteiger partial charge in [0, 0.05) is 10.9 Å². The van der Waals surface area contributed by atoms with Crippen molar-refractivity contribution in [2.24, 2.45) is 5.92 Å². The summed E-state index contributed by atoms with van der Waals surface area (Å²) in [5.41, 5.74) is 0.881. The highest BCUT2D eigenvalue weighted by molar-refractivity contribution is 7.16. The van der Waals surface area contributed by atoms with Crippen molar-refractivity contribution in [3.8, 4) is 0 Å². The Bertz CT molecular complexity index is 382. The fraction of sp³-hybridized carbons (Fsp3) is 0.400. The third kappa shape index (κ3) is 3.14. The molecule has 5 heteroatoms. The number of aliphatic hydroxyl groups is 1. The van der Waals surface area contributed by atoms with E-state index in [0.29, 0.717) is 0 Å². The van der Waals surface area contributed by atoms with Crippen LogP contribution in [0.5, 0.6) is 0 Å². The maximum absolute atomic E-state index is 10.4. The Kier molecular flexibility index (Phi) is 3.99. The Morgan fingerprint density at radius 3 is 2.73 bits per heavy atom. The van der Waals surface area contributed by atoms with Crippen LogP contribution in [0.1, 0.15) is 18.7 Å². The summed E-state index contributed by atoms with van der Waals surface area (Å²) in [5.74, 6) is 0.246. The zero-order valence-corrected chi connectivity index (χ0v) is 9.45. The molecule has 1 rings (SSSR count). The van der Waals surface area contributed by atoms with Crippen molar-refractivity contribution >= 4 is 22.4 Å². The molecule has 4 nitrogen and oxygen atoms in total. The lowest BCUT2D eigenvalue weighted by Gasteiger charge is -2.06. The first kappa shape index (κ1) is 11.9. The van der Waals surface area contributed by atoms with Crippen molar-refractivity contribution in [2.45, 2.75) is 13.8 Å². The van der Waals surface area contributed by atoms with Crippen molar-refractivity contribution < 1.29 is 10.0 Å². The molecule has 82 valence electrons. The van der Waals surface area contributed by atoms with Crippen LogP contribution in [0.2, 0.25) is 0 Å². The van der Waals surface area contributed by atoms with Crippen LogP contribution in [0.4, 0.5) is 5.00 Å². The van der Waals surface area contributed by atoms with Crippen LogP contribution in [0.3, 0.4) is 0 Å². The van der Waals surface area contributed by atoms with Crippen LogP contribution in [0.15, 0.2) is 17.7 Å². The van der Waals surface area contributed by atoms with E-state index < -0.39 is 4.92 Å². The Morgan fingerprint density at radius 1 is 1.67 bits per heavy atom. The van der Waals surface area contributed by atoms with Gasteiger partial charge in [-0.05, 0) is 23.6 Å². The van der Waals surface area contributed by atoms with Crippen molar-refractivity contribution in [2.75, 3.05) is 6.61 Å². The molecule has 0 aliphatic carbocycles. The number of aliphatic hydroxyl groups excluding tert-OH is 1. The van der Waals surface area contributed by atoms with E-state index >= 15 is 0 Å². The summed E-state index contributed by atoms with van der Waals surface area (Å²) < 4.78 is 0. The Labute approximate surface area is 92.0 Å². The molecule has 0 amide bonds. The second kappa shape index (κ2) is 5.04. The number of hydrogen-bond acceptors (Lipinski definition) is 4. The Morgan fingerprint density at radius 2 is 2.33 bits per heavy atom. The lowest BCUT2D eigenvalue weighted by Crippen LogP contribution is -1.98. The van der Waals surface area contributed by atoms with Gasteiger partial charge in [-0.1, -0.05) is 25.2 Å². The molecular formula is C10H13NO3S. The highest BCUT2D eigenvalue weighted by Gasteiger charge is 2.09. The van der Waals surface area contributed by atoms with Gasteiger partial charge in [0.05, 0.1) is 11.5 Å². The number of hydrogen-bond donors (Lipinski definition) is 1. The minimum Gasteiger partial charge on any atom is -0.392 e. The molecule has 0 saturated carbocycles. The molecule has 0 atom stereocenters. The minimum atomic E-state index is -0.407. The minimum absolute atomic E-state index is 0.0106. The van der Waals surface area contributed by atoms with E-state index in [1.807, 2.05) is 19.9 Å². The van der Waals surface area contributed by atoms with Crippen molar-refractivity contribution in [1.29, 1.82) is 0 Å². The monoisotopic (exact) mass is 227 g/mol. The van der Waals surface area contributed by atoms with Gasteiger partial charge < -0.3 is 5.11 Å². The molecule has 0 radical (unpaired) electrons. The maximum Gasteiger partial charge on any atom is 0.324 e. The number of nitrogens with zero attached hydrogens (tertiary/aromatic N) is 1. The quantitative estimate of drug-likeness (QED) is 0.635. The first-order chi connectivity index (χ1) is 7.04. The van der Waals surface area contributed by atoms with Gasteiger partial charge >= 0.3 is 5.00 Å². The van der Waals surface area contributed by atoms with Gasteiger partial charge in [0.2, 0.25) is 0 Å². The standard InChI is InChI=1S/C10H13NO3S/c1-7(2)8(6-12)5-9-3-4-10(15-9)11(13)14/h3-5,7,12H,6H2,1-2H3/b8-5+. The van der Waals surface area contributed by atoms with Gasteiger partial charge in [0.25, 0.3) is 0 Å². The first-order valence-electron chi connectivity index (χ1n) is 4.60. The second-order valence-electron chi connectivity index (χ2n) is 3.47. The lowest BCUT2D eigenvalue weighted by atomic mass is 10.0. The van der Waals surface area contributed by atoms with Crippen molar-refractivity contribution in [1.82, 2.24) is 0 Å². The van der Waals surface area contributed by atoms with Crippen molar-refractivity contribution in [3.05, 3.63) is 32.7 Å². The van der Waals surface area contributed by atoms with Gasteiger partial charge in [-0.3, -0.25) is 10.1 Å². The van der Waals surface area contributed by atoms with Gasteiger partial charge in [-0.25, -0.2) is 0 Å². The first-order valence-corrected chi connectivity index (χ1v) is 5.41. The summed E-state index contributed by atoms with van der Waals surface area (Å²) in [6.45, 7) is 3.94. The predicted molar refractivity (Wildman–Crippen MR) is 60.9 cm³/mol. The summed E-state index contributed by atoms with van der Waals surface area (Å²) in [5, 5.41) is 19.7. The Hall–Kier alpha value is -1.20. The highest BCUT2D eigenvalue weighted by atomic mass is 32.1. The van der Waals surface area contributed by atoms with Crippen LogP contribution in [0.25, 0.3) is 6.08 Å². The topological polar surface area (TPSA) is 63.4 Å². The summed E-state index contributed by atoms with van der Waals surface area (Å²) >= 11 is 1.12. The molecule has 1 heterocycles. The molecule has 0 bridgehead atoms. The van der Waals surface area contributed by atoms with E-state index in [9.17, 15) is 10.1 Å². The van der Waals surface area contributed by atoms with Gasteiger partial charge in [0.1, 0.15) is 0 Å². The number of rotatable bonds is 4. The molecule has 15 heavy (non-hydrogen) atoms. The lowest BCUT2D eigenvalue weighted by molar-refractivity contribution is -0.380. The third-order valence-electron chi connectivity index (χ3n) is 2.04. The van der Waals surface area contributed by atoms with Gasteiger partial charge in [-0.2, -0.15) is 0 Å². The largest absolute Gasteiger partial charge is 0.392 e. The summed E-state index contributed by atoms with van der Waals surface area (Å²) in [7, 11) is 0. The van der Waals surface area contributed by atoms with Crippen molar-refractivity contribution in [3.63, 3.8) is 0 Å². The molecule has 0 aliphatic rings. The Balaban J connectivity index is 2.92. The summed E-state index contributed by atoms with van der Waals surface area (Å²) in [6, 6.07) is 3.17. The van der Waals surface area contributed by atoms with Gasteiger partial charge in [-0.15, -0.1) is 0 Å². The molecule has 1 N–H and O–H groups in total. The molecule has 0 spiro atoms. The fourth-order valence-electron chi connectivity index (χ4n) is 1.10. The molecule has 1 aromatic rings. The molecule has 0 aromatic carbocycles. The van der Waals surface area contributed by atoms with E-state index in [0.717, 1.165) is 21.8 Å². The van der Waals surface area contributed by atoms with E-state index in [-0.39, 0.29) is 17.5 Å². The molecular weight excluding hydrogens is 214 g/mol. The predicted octanol–water partition coefficient (Wildman–Crippen LogP) is 2.69. The average molecular weight is 227 g/mol.